The van der Waals surface area contributed by atoms with Crippen LogP contribution in [0.1, 0.15) is 23.2 Å². The maximum absolute atomic E-state index is 12.2. The number of amides is 1. The maximum atomic E-state index is 12.2. The zero-order chi connectivity index (χ0) is 15.9. The molecule has 0 aromatic carbocycles. The van der Waals surface area contributed by atoms with Crippen LogP contribution in [0.25, 0.3) is 11.0 Å². The third kappa shape index (κ3) is 2.52. The molecule has 2 aromatic rings. The highest BCUT2D eigenvalue weighted by Crippen LogP contribution is 2.20. The highest BCUT2D eigenvalue weighted by Gasteiger charge is 2.20. The number of nitrogens with one attached hydrogen (secondary N) is 3. The number of H-pyrrole nitrogens is 1. The van der Waals surface area contributed by atoms with E-state index in [1.165, 1.54) is 0 Å². The van der Waals surface area contributed by atoms with Crippen molar-refractivity contribution >= 4 is 16.9 Å². The van der Waals surface area contributed by atoms with Crippen LogP contribution in [-0.4, -0.2) is 39.8 Å². The molecule has 1 unspecified atom stereocenters. The lowest BCUT2D eigenvalue weighted by Crippen LogP contribution is -2.37. The summed E-state index contributed by atoms with van der Waals surface area (Å²) in [5.41, 5.74) is 2.93. The molecule has 1 fully saturated rings. The van der Waals surface area contributed by atoms with Crippen molar-refractivity contribution in [3.05, 3.63) is 27.2 Å². The number of rotatable bonds is 3. The Morgan fingerprint density at radius 2 is 2.23 bits per heavy atom. The summed E-state index contributed by atoms with van der Waals surface area (Å²) in [5, 5.41) is 9.53. The molecule has 0 radical (unpaired) electrons. The Kier molecular flexibility index (Phi) is 3.74. The Morgan fingerprint density at radius 1 is 1.45 bits per heavy atom. The van der Waals surface area contributed by atoms with E-state index < -0.39 is 0 Å². The van der Waals surface area contributed by atoms with Gasteiger partial charge in [0.25, 0.3) is 5.56 Å². The van der Waals surface area contributed by atoms with Gasteiger partial charge in [-0.25, -0.2) is 4.98 Å². The Labute approximate surface area is 128 Å². The van der Waals surface area contributed by atoms with E-state index >= 15 is 0 Å². The molecule has 2 aromatic heterocycles. The quantitative estimate of drug-likeness (QED) is 0.738. The minimum Gasteiger partial charge on any atom is -0.352 e. The van der Waals surface area contributed by atoms with Crippen molar-refractivity contribution in [1.29, 1.82) is 0 Å². The van der Waals surface area contributed by atoms with Gasteiger partial charge in [0.2, 0.25) is 5.91 Å². The fraction of sp³-hybridized carbons (Fsp3) is 0.533. The molecule has 0 bridgehead atoms. The van der Waals surface area contributed by atoms with Gasteiger partial charge in [-0.3, -0.25) is 19.4 Å². The molecule has 118 valence electrons. The van der Waals surface area contributed by atoms with Crippen LogP contribution in [0, 0.1) is 13.8 Å². The van der Waals surface area contributed by atoms with Gasteiger partial charge in [0.1, 0.15) is 0 Å². The van der Waals surface area contributed by atoms with Crippen molar-refractivity contribution in [3.63, 3.8) is 0 Å². The number of aryl methyl sites for hydroxylation is 3. The van der Waals surface area contributed by atoms with Crippen molar-refractivity contribution in [3.8, 4) is 0 Å². The Balaban J connectivity index is 1.91. The van der Waals surface area contributed by atoms with Crippen LogP contribution in [0.15, 0.2) is 4.79 Å². The van der Waals surface area contributed by atoms with Crippen LogP contribution in [0.5, 0.6) is 0 Å². The average Bonchev–Trinajstić information content (AvgIpc) is 3.04. The van der Waals surface area contributed by atoms with Gasteiger partial charge in [-0.1, -0.05) is 0 Å². The third-order valence-electron chi connectivity index (χ3n) is 4.34. The molecule has 1 atom stereocenters. The standard InChI is InChI=1S/C15H21N5O2/c1-8-11(6-12(21)18-10-4-5-16-7-10)9(2)17-14-13(8)15(22)19-20(14)3/h10,16H,4-7H2,1-3H3,(H,18,21)(H,19,22). The van der Waals surface area contributed by atoms with Crippen LogP contribution in [0.3, 0.4) is 0 Å². The number of hydrogen-bond acceptors (Lipinski definition) is 4. The summed E-state index contributed by atoms with van der Waals surface area (Å²) in [6.07, 6.45) is 1.21. The minimum absolute atomic E-state index is 0.0200. The van der Waals surface area contributed by atoms with E-state index in [0.717, 1.165) is 36.3 Å². The first-order chi connectivity index (χ1) is 10.5. The largest absolute Gasteiger partial charge is 0.352 e. The van der Waals surface area contributed by atoms with Crippen LogP contribution >= 0.6 is 0 Å². The van der Waals surface area contributed by atoms with Gasteiger partial charge in [-0.15, -0.1) is 0 Å². The summed E-state index contributed by atoms with van der Waals surface area (Å²) in [4.78, 5) is 28.7. The van der Waals surface area contributed by atoms with Gasteiger partial charge >= 0.3 is 0 Å². The second-order valence-electron chi connectivity index (χ2n) is 5.93. The van der Waals surface area contributed by atoms with Crippen molar-refractivity contribution in [2.45, 2.75) is 32.7 Å². The van der Waals surface area contributed by atoms with Gasteiger partial charge in [0, 0.05) is 25.3 Å². The first kappa shape index (κ1) is 14.8. The second-order valence-corrected chi connectivity index (χ2v) is 5.93. The molecule has 7 nitrogen and oxygen atoms in total. The molecule has 3 N–H and O–H groups in total. The zero-order valence-corrected chi connectivity index (χ0v) is 13.1. The van der Waals surface area contributed by atoms with Crippen molar-refractivity contribution in [2.24, 2.45) is 7.05 Å². The number of pyridine rings is 1. The third-order valence-corrected chi connectivity index (χ3v) is 4.34. The number of aromatic amines is 1. The molecule has 22 heavy (non-hydrogen) atoms. The summed E-state index contributed by atoms with van der Waals surface area (Å²) in [6, 6.07) is 0.199. The van der Waals surface area contributed by atoms with E-state index in [1.807, 2.05) is 13.8 Å². The van der Waals surface area contributed by atoms with E-state index in [9.17, 15) is 9.59 Å². The molecule has 0 aliphatic carbocycles. The molecule has 3 rings (SSSR count). The summed E-state index contributed by atoms with van der Waals surface area (Å²) >= 11 is 0. The summed E-state index contributed by atoms with van der Waals surface area (Å²) < 4.78 is 1.62. The number of nitrogens with zero attached hydrogens (tertiary/aromatic N) is 2. The maximum Gasteiger partial charge on any atom is 0.273 e. The number of aromatic nitrogens is 3. The van der Waals surface area contributed by atoms with Gasteiger partial charge in [-0.05, 0) is 37.9 Å². The topological polar surface area (TPSA) is 91.8 Å². The number of fused-ring (bicyclic) bond motifs is 1. The first-order valence-corrected chi connectivity index (χ1v) is 7.52. The van der Waals surface area contributed by atoms with E-state index in [1.54, 1.807) is 11.7 Å². The van der Waals surface area contributed by atoms with Crippen LogP contribution in [0.2, 0.25) is 0 Å². The molecule has 1 saturated heterocycles. The van der Waals surface area contributed by atoms with Crippen molar-refractivity contribution < 1.29 is 4.79 Å². The molecule has 0 spiro atoms. The van der Waals surface area contributed by atoms with Gasteiger partial charge in [0.05, 0.1) is 11.8 Å². The summed E-state index contributed by atoms with van der Waals surface area (Å²) in [7, 11) is 1.76. The summed E-state index contributed by atoms with van der Waals surface area (Å²) in [5.74, 6) is -0.0200. The Bertz CT molecular complexity index is 783. The van der Waals surface area contributed by atoms with E-state index in [2.05, 4.69) is 20.7 Å². The normalized spacial score (nSPS) is 18.0. The Hall–Kier alpha value is -2.15. The molecule has 1 aliphatic rings. The Morgan fingerprint density at radius 3 is 2.91 bits per heavy atom. The smallest absolute Gasteiger partial charge is 0.273 e. The van der Waals surface area contributed by atoms with Gasteiger partial charge in [0.15, 0.2) is 5.65 Å². The highest BCUT2D eigenvalue weighted by molar-refractivity contribution is 5.84. The molecule has 1 amide bonds. The van der Waals surface area contributed by atoms with Gasteiger partial charge in [-0.2, -0.15) is 0 Å². The van der Waals surface area contributed by atoms with Crippen molar-refractivity contribution in [2.75, 3.05) is 13.1 Å². The van der Waals surface area contributed by atoms with E-state index in [4.69, 9.17) is 0 Å². The lowest BCUT2D eigenvalue weighted by atomic mass is 10.0. The second kappa shape index (κ2) is 5.57. The molecular weight excluding hydrogens is 282 g/mol. The van der Waals surface area contributed by atoms with Crippen LogP contribution < -0.4 is 16.2 Å². The first-order valence-electron chi connectivity index (χ1n) is 7.52. The molecule has 1 aliphatic heterocycles. The molecule has 0 saturated carbocycles. The average molecular weight is 303 g/mol. The number of carbonyl (C=O) groups is 1. The fourth-order valence-electron chi connectivity index (χ4n) is 3.13. The highest BCUT2D eigenvalue weighted by atomic mass is 16.1. The van der Waals surface area contributed by atoms with E-state index in [0.29, 0.717) is 11.0 Å². The summed E-state index contributed by atoms with van der Waals surface area (Å²) in [6.45, 7) is 5.52. The lowest BCUT2D eigenvalue weighted by molar-refractivity contribution is -0.121. The lowest BCUT2D eigenvalue weighted by Gasteiger charge is -2.14. The molecule has 7 heteroatoms. The number of hydrogen-bond donors (Lipinski definition) is 3. The SMILES string of the molecule is Cc1nc2c(c(C)c1CC(=O)NC1CCNC1)c(=O)[nH]n2C. The molecule has 3 heterocycles. The zero-order valence-electron chi connectivity index (χ0n) is 13.1. The van der Waals surface area contributed by atoms with Crippen LogP contribution in [0.4, 0.5) is 0 Å². The van der Waals surface area contributed by atoms with Gasteiger partial charge < -0.3 is 10.6 Å². The number of carbonyl (C=O) groups excluding carboxylic acids is 1. The van der Waals surface area contributed by atoms with Crippen molar-refractivity contribution in [1.82, 2.24) is 25.4 Å². The predicted molar refractivity (Wildman–Crippen MR) is 83.9 cm³/mol. The van der Waals surface area contributed by atoms with Crippen LogP contribution in [-0.2, 0) is 18.3 Å². The van der Waals surface area contributed by atoms with E-state index in [-0.39, 0.29) is 23.9 Å². The fourth-order valence-corrected chi connectivity index (χ4v) is 3.13. The predicted octanol–water partition coefficient (Wildman–Crippen LogP) is -0.101. The molecular formula is C15H21N5O2. The minimum atomic E-state index is -0.163. The monoisotopic (exact) mass is 303 g/mol.